The van der Waals surface area contributed by atoms with Crippen molar-refractivity contribution in [2.24, 2.45) is 5.92 Å². The summed E-state index contributed by atoms with van der Waals surface area (Å²) in [4.78, 5) is 41.0. The lowest BCUT2D eigenvalue weighted by molar-refractivity contribution is -0.142. The van der Waals surface area contributed by atoms with E-state index in [9.17, 15) is 19.5 Å². The Morgan fingerprint density at radius 2 is 1.89 bits per heavy atom. The van der Waals surface area contributed by atoms with Crippen LogP contribution in [-0.4, -0.2) is 51.5 Å². The molecule has 9 heteroatoms. The number of hydrogen-bond donors (Lipinski definition) is 4. The highest BCUT2D eigenvalue weighted by Gasteiger charge is 2.27. The van der Waals surface area contributed by atoms with E-state index < -0.39 is 29.0 Å². The van der Waals surface area contributed by atoms with E-state index in [1.54, 1.807) is 20.8 Å². The van der Waals surface area contributed by atoms with Gasteiger partial charge in [0.25, 0.3) is 0 Å². The first kappa shape index (κ1) is 28.6. The van der Waals surface area contributed by atoms with Crippen LogP contribution in [0.25, 0.3) is 10.9 Å². The molecule has 1 aromatic heterocycles. The van der Waals surface area contributed by atoms with Gasteiger partial charge in [-0.2, -0.15) is 0 Å². The van der Waals surface area contributed by atoms with Gasteiger partial charge >= 0.3 is 12.1 Å². The van der Waals surface area contributed by atoms with Crippen molar-refractivity contribution < 1.29 is 24.2 Å². The lowest BCUT2D eigenvalue weighted by Crippen LogP contribution is -2.45. The normalized spacial score (nSPS) is 13.5. The fourth-order valence-corrected chi connectivity index (χ4v) is 5.19. The van der Waals surface area contributed by atoms with Gasteiger partial charge in [0.2, 0.25) is 5.91 Å². The first-order valence-corrected chi connectivity index (χ1v) is 13.0. The number of aliphatic carboxylic acids is 1. The Balaban J connectivity index is 1.96. The van der Waals surface area contributed by atoms with Crippen molar-refractivity contribution >= 4 is 40.6 Å². The minimum Gasteiger partial charge on any atom is -0.480 e. The van der Waals surface area contributed by atoms with Crippen molar-refractivity contribution in [3.05, 3.63) is 30.0 Å². The minimum atomic E-state index is -1.06. The monoisotopic (exact) mass is 505 g/mol. The lowest BCUT2D eigenvalue weighted by atomic mass is 10.1. The van der Waals surface area contributed by atoms with Crippen LogP contribution in [0.1, 0.15) is 65.9 Å². The summed E-state index contributed by atoms with van der Waals surface area (Å²) in [5, 5.41) is 15.8. The number of carboxylic acid groups (broad SMARTS) is 1. The van der Waals surface area contributed by atoms with Crippen LogP contribution in [-0.2, 0) is 14.3 Å². The van der Waals surface area contributed by atoms with E-state index in [0.29, 0.717) is 25.8 Å². The molecule has 0 unspecified atom stereocenters. The number of aryl methyl sites for hydroxylation is 1. The maximum absolute atomic E-state index is 13.2. The summed E-state index contributed by atoms with van der Waals surface area (Å²) in [5.41, 5.74) is 1.57. The molecule has 0 saturated heterocycles. The Morgan fingerprint density at radius 3 is 2.51 bits per heavy atom. The Morgan fingerprint density at radius 1 is 1.17 bits per heavy atom. The molecule has 1 aromatic carbocycles. The average Bonchev–Trinajstić information content (AvgIpc) is 3.14. The van der Waals surface area contributed by atoms with Gasteiger partial charge in [0.05, 0.1) is 5.25 Å². The second-order valence-corrected chi connectivity index (χ2v) is 11.5. The zero-order chi connectivity index (χ0) is 26.2. The van der Waals surface area contributed by atoms with Crippen LogP contribution in [0.2, 0.25) is 0 Å². The Labute approximate surface area is 212 Å². The van der Waals surface area contributed by atoms with Gasteiger partial charge in [-0.3, -0.25) is 4.79 Å². The molecule has 0 fully saturated rings. The smallest absolute Gasteiger partial charge is 0.407 e. The molecule has 0 aliphatic rings. The van der Waals surface area contributed by atoms with Gasteiger partial charge in [0, 0.05) is 28.5 Å². The number of aromatic nitrogens is 1. The Kier molecular flexibility index (Phi) is 10.5. The molecule has 8 nitrogen and oxygen atoms in total. The first-order valence-electron chi connectivity index (χ1n) is 12.1. The van der Waals surface area contributed by atoms with E-state index in [1.807, 2.05) is 45.2 Å². The van der Waals surface area contributed by atoms with Crippen LogP contribution >= 0.6 is 11.8 Å². The van der Waals surface area contributed by atoms with Crippen molar-refractivity contribution in [2.45, 2.75) is 89.0 Å². The quantitative estimate of drug-likeness (QED) is 0.231. The van der Waals surface area contributed by atoms with Gasteiger partial charge in [0.15, 0.2) is 0 Å². The van der Waals surface area contributed by atoms with E-state index in [4.69, 9.17) is 4.74 Å². The number of carbonyl (C=O) groups is 3. The minimum absolute atomic E-state index is 0.270. The SMILES string of the molecule is Cc1cccc2[nH]cc(S[C@H](CC(C)C)C(=O)N[C@@H](CCCCNC(=O)OC(C)(C)C)C(=O)O)c12. The van der Waals surface area contributed by atoms with E-state index in [1.165, 1.54) is 11.8 Å². The number of rotatable bonds is 12. The van der Waals surface area contributed by atoms with E-state index in [-0.39, 0.29) is 18.2 Å². The third-order valence-corrected chi connectivity index (χ3v) is 6.59. The topological polar surface area (TPSA) is 121 Å². The summed E-state index contributed by atoms with van der Waals surface area (Å²) < 4.78 is 5.19. The second kappa shape index (κ2) is 12.9. The highest BCUT2D eigenvalue weighted by atomic mass is 32.2. The Bertz CT molecular complexity index is 1010. The number of hydrogen-bond acceptors (Lipinski definition) is 5. The maximum atomic E-state index is 13.2. The number of nitrogens with one attached hydrogen (secondary N) is 3. The number of carboxylic acids is 1. The molecule has 2 rings (SSSR count). The second-order valence-electron chi connectivity index (χ2n) is 10.2. The molecule has 0 aliphatic carbocycles. The third kappa shape index (κ3) is 9.47. The maximum Gasteiger partial charge on any atom is 0.407 e. The van der Waals surface area contributed by atoms with Gasteiger partial charge in [-0.1, -0.05) is 26.0 Å². The lowest BCUT2D eigenvalue weighted by Gasteiger charge is -2.22. The number of alkyl carbamates (subject to hydrolysis) is 1. The molecule has 0 spiro atoms. The summed E-state index contributed by atoms with van der Waals surface area (Å²) in [6.45, 7) is 11.9. The van der Waals surface area contributed by atoms with Crippen LogP contribution in [0.4, 0.5) is 4.79 Å². The summed E-state index contributed by atoms with van der Waals surface area (Å²) in [5.74, 6) is -1.06. The average molecular weight is 506 g/mol. The van der Waals surface area contributed by atoms with Gasteiger partial charge in [-0.05, 0) is 70.9 Å². The predicted octanol–water partition coefficient (Wildman–Crippen LogP) is 5.25. The van der Waals surface area contributed by atoms with Gasteiger partial charge in [-0.15, -0.1) is 11.8 Å². The molecule has 2 atom stereocenters. The zero-order valence-electron chi connectivity index (χ0n) is 21.6. The first-order chi connectivity index (χ1) is 16.4. The van der Waals surface area contributed by atoms with Crippen LogP contribution in [0.15, 0.2) is 29.3 Å². The largest absolute Gasteiger partial charge is 0.480 e. The van der Waals surface area contributed by atoms with Crippen molar-refractivity contribution in [2.75, 3.05) is 6.54 Å². The van der Waals surface area contributed by atoms with Gasteiger partial charge < -0.3 is 25.5 Å². The number of H-pyrrole nitrogens is 1. The molecule has 0 saturated carbocycles. The molecule has 2 amide bonds. The van der Waals surface area contributed by atoms with Crippen molar-refractivity contribution in [1.82, 2.24) is 15.6 Å². The molecule has 0 radical (unpaired) electrons. The molecule has 0 bridgehead atoms. The number of ether oxygens (including phenoxy) is 1. The molecule has 194 valence electrons. The highest BCUT2D eigenvalue weighted by molar-refractivity contribution is 8.00. The van der Waals surface area contributed by atoms with Crippen molar-refractivity contribution in [1.29, 1.82) is 0 Å². The van der Waals surface area contributed by atoms with Gasteiger partial charge in [-0.25, -0.2) is 9.59 Å². The molecule has 1 heterocycles. The number of fused-ring (bicyclic) bond motifs is 1. The molecule has 2 aromatic rings. The fraction of sp³-hybridized carbons (Fsp3) is 0.577. The number of thioether (sulfide) groups is 1. The number of aromatic amines is 1. The number of unbranched alkanes of at least 4 members (excludes halogenated alkanes) is 1. The van der Waals surface area contributed by atoms with Crippen LogP contribution < -0.4 is 10.6 Å². The van der Waals surface area contributed by atoms with E-state index in [0.717, 1.165) is 21.4 Å². The number of amides is 2. The van der Waals surface area contributed by atoms with E-state index >= 15 is 0 Å². The predicted molar refractivity (Wildman–Crippen MR) is 140 cm³/mol. The van der Waals surface area contributed by atoms with Crippen LogP contribution in [0.3, 0.4) is 0 Å². The third-order valence-electron chi connectivity index (χ3n) is 5.33. The van der Waals surface area contributed by atoms with Crippen molar-refractivity contribution in [3.8, 4) is 0 Å². The highest BCUT2D eigenvalue weighted by Crippen LogP contribution is 2.35. The molecule has 4 N–H and O–H groups in total. The van der Waals surface area contributed by atoms with Crippen LogP contribution in [0, 0.1) is 12.8 Å². The zero-order valence-corrected chi connectivity index (χ0v) is 22.4. The molecular weight excluding hydrogens is 466 g/mol. The number of benzene rings is 1. The summed E-state index contributed by atoms with van der Waals surface area (Å²) in [6.07, 6.45) is 3.44. The summed E-state index contributed by atoms with van der Waals surface area (Å²) >= 11 is 1.47. The van der Waals surface area contributed by atoms with Crippen LogP contribution in [0.5, 0.6) is 0 Å². The Hall–Kier alpha value is -2.68. The standard InChI is InChI=1S/C26H39N3O5S/c1-16(2)14-20(35-21-15-28-18-12-9-10-17(3)22(18)21)23(30)29-19(24(31)32)11-7-8-13-27-25(33)34-26(4,5)6/h9-10,12,15-16,19-20,28H,7-8,11,13-14H2,1-6H3,(H,27,33)(H,29,30)(H,31,32)/t19-,20+/m0/s1. The molecular formula is C26H39N3O5S. The number of carbonyl (C=O) groups excluding carboxylic acids is 2. The summed E-state index contributed by atoms with van der Waals surface area (Å²) in [7, 11) is 0. The van der Waals surface area contributed by atoms with E-state index in [2.05, 4.69) is 15.6 Å². The molecule has 0 aliphatic heterocycles. The van der Waals surface area contributed by atoms with Gasteiger partial charge in [0.1, 0.15) is 11.6 Å². The molecule has 35 heavy (non-hydrogen) atoms. The fourth-order valence-electron chi connectivity index (χ4n) is 3.71. The van der Waals surface area contributed by atoms with Crippen molar-refractivity contribution in [3.63, 3.8) is 0 Å². The summed E-state index contributed by atoms with van der Waals surface area (Å²) in [6, 6.07) is 5.04.